The van der Waals surface area contributed by atoms with Crippen molar-refractivity contribution in [1.29, 1.82) is 0 Å². The predicted octanol–water partition coefficient (Wildman–Crippen LogP) is 4.59. The molecule has 0 spiro atoms. The summed E-state index contributed by atoms with van der Waals surface area (Å²) in [5.41, 5.74) is 0.558. The van der Waals surface area contributed by atoms with Crippen molar-refractivity contribution in [3.05, 3.63) is 64.6 Å². The van der Waals surface area contributed by atoms with Crippen LogP contribution >= 0.6 is 27.7 Å². The van der Waals surface area contributed by atoms with E-state index in [9.17, 15) is 9.59 Å². The minimum atomic E-state index is -0.651. The Balaban J connectivity index is 2.06. The first-order valence-electron chi connectivity index (χ1n) is 6.14. The molecule has 0 aromatic heterocycles. The summed E-state index contributed by atoms with van der Waals surface area (Å²) in [4.78, 5) is 25.2. The third kappa shape index (κ3) is 3.81. The number of rotatable bonds is 4. The summed E-state index contributed by atoms with van der Waals surface area (Å²) in [5, 5.41) is -0.135. The number of carbonyl (C=O) groups excluding carboxylic acids is 2. The standard InChI is InChI=1S/C16H13BrO2S/c1-11(15(18)12-7-9-13(17)10-8-12)16(19)20-14-5-3-2-4-6-14/h2-11H,1H3. The lowest BCUT2D eigenvalue weighted by molar-refractivity contribution is -0.112. The summed E-state index contributed by atoms with van der Waals surface area (Å²) in [5.74, 6) is -0.799. The molecule has 2 nitrogen and oxygen atoms in total. The molecule has 0 aliphatic heterocycles. The number of Topliss-reactive ketones (excluding diaryl/α,β-unsaturated/α-hetero) is 1. The van der Waals surface area contributed by atoms with Gasteiger partial charge in [0, 0.05) is 14.9 Å². The number of thioether (sulfide) groups is 1. The second-order valence-corrected chi connectivity index (χ2v) is 6.32. The summed E-state index contributed by atoms with van der Waals surface area (Å²) in [6, 6.07) is 16.4. The molecule has 0 N–H and O–H groups in total. The van der Waals surface area contributed by atoms with Gasteiger partial charge in [-0.05, 0) is 31.2 Å². The van der Waals surface area contributed by atoms with Gasteiger partial charge >= 0.3 is 0 Å². The van der Waals surface area contributed by atoms with Gasteiger partial charge in [-0.1, -0.05) is 58.0 Å². The number of hydrogen-bond donors (Lipinski definition) is 0. The van der Waals surface area contributed by atoms with Crippen molar-refractivity contribution in [2.24, 2.45) is 5.92 Å². The van der Waals surface area contributed by atoms with Crippen molar-refractivity contribution >= 4 is 38.6 Å². The zero-order valence-corrected chi connectivity index (χ0v) is 13.3. The average Bonchev–Trinajstić information content (AvgIpc) is 2.47. The second kappa shape index (κ2) is 6.86. The Kier molecular flexibility index (Phi) is 5.15. The maximum Gasteiger partial charge on any atom is 0.204 e. The molecule has 1 unspecified atom stereocenters. The number of carbonyl (C=O) groups is 2. The third-order valence-electron chi connectivity index (χ3n) is 2.84. The van der Waals surface area contributed by atoms with Crippen LogP contribution in [-0.4, -0.2) is 10.9 Å². The van der Waals surface area contributed by atoms with E-state index >= 15 is 0 Å². The minimum absolute atomic E-state index is 0.135. The molecule has 0 fully saturated rings. The Morgan fingerprint density at radius 2 is 1.60 bits per heavy atom. The highest BCUT2D eigenvalue weighted by atomic mass is 79.9. The van der Waals surface area contributed by atoms with Crippen molar-refractivity contribution < 1.29 is 9.59 Å². The van der Waals surface area contributed by atoms with Crippen LogP contribution in [0.5, 0.6) is 0 Å². The molecule has 2 aromatic carbocycles. The van der Waals surface area contributed by atoms with Crippen LogP contribution in [0.3, 0.4) is 0 Å². The Hall–Kier alpha value is -1.39. The molecule has 2 rings (SSSR count). The van der Waals surface area contributed by atoms with Gasteiger partial charge in [-0.25, -0.2) is 0 Å². The fourth-order valence-corrected chi connectivity index (χ4v) is 2.74. The molecule has 0 radical (unpaired) electrons. The largest absolute Gasteiger partial charge is 0.293 e. The Morgan fingerprint density at radius 1 is 1.00 bits per heavy atom. The summed E-state index contributed by atoms with van der Waals surface area (Å²) in [6.45, 7) is 1.66. The van der Waals surface area contributed by atoms with Crippen LogP contribution in [0.25, 0.3) is 0 Å². The van der Waals surface area contributed by atoms with Crippen LogP contribution in [0.1, 0.15) is 17.3 Å². The Bertz CT molecular complexity index is 608. The SMILES string of the molecule is CC(C(=O)Sc1ccccc1)C(=O)c1ccc(Br)cc1. The van der Waals surface area contributed by atoms with Crippen molar-refractivity contribution in [1.82, 2.24) is 0 Å². The lowest BCUT2D eigenvalue weighted by Gasteiger charge is -2.09. The molecule has 0 aliphatic rings. The molecule has 0 heterocycles. The second-order valence-electron chi connectivity index (χ2n) is 4.33. The van der Waals surface area contributed by atoms with Crippen molar-refractivity contribution in [3.63, 3.8) is 0 Å². The number of halogens is 1. The molecule has 1 atom stereocenters. The van der Waals surface area contributed by atoms with E-state index in [1.807, 2.05) is 30.3 Å². The molecule has 0 bridgehead atoms. The number of benzene rings is 2. The fourth-order valence-electron chi connectivity index (χ4n) is 1.66. The molecule has 0 aliphatic carbocycles. The highest BCUT2D eigenvalue weighted by Gasteiger charge is 2.23. The van der Waals surface area contributed by atoms with E-state index in [0.29, 0.717) is 5.56 Å². The Labute approximate surface area is 130 Å². The number of hydrogen-bond acceptors (Lipinski definition) is 3. The maximum absolute atomic E-state index is 12.2. The monoisotopic (exact) mass is 348 g/mol. The van der Waals surface area contributed by atoms with Gasteiger partial charge in [0.25, 0.3) is 0 Å². The van der Waals surface area contributed by atoms with Crippen molar-refractivity contribution in [2.75, 3.05) is 0 Å². The first-order chi connectivity index (χ1) is 9.58. The highest BCUT2D eigenvalue weighted by molar-refractivity contribution is 9.10. The zero-order chi connectivity index (χ0) is 14.5. The Morgan fingerprint density at radius 3 is 2.20 bits per heavy atom. The van der Waals surface area contributed by atoms with E-state index in [-0.39, 0.29) is 10.9 Å². The zero-order valence-electron chi connectivity index (χ0n) is 10.9. The van der Waals surface area contributed by atoms with Gasteiger partial charge < -0.3 is 0 Å². The molecular weight excluding hydrogens is 336 g/mol. The van der Waals surface area contributed by atoms with Gasteiger partial charge in [0.1, 0.15) is 0 Å². The van der Waals surface area contributed by atoms with Gasteiger partial charge in [0.2, 0.25) is 5.12 Å². The summed E-state index contributed by atoms with van der Waals surface area (Å²) < 4.78 is 0.909. The lowest BCUT2D eigenvalue weighted by Crippen LogP contribution is -2.18. The van der Waals surface area contributed by atoms with Crippen LogP contribution in [-0.2, 0) is 4.79 Å². The summed E-state index contributed by atoms with van der Waals surface area (Å²) in [7, 11) is 0. The third-order valence-corrected chi connectivity index (χ3v) is 4.43. The topological polar surface area (TPSA) is 34.1 Å². The van der Waals surface area contributed by atoms with Gasteiger partial charge in [-0.3, -0.25) is 9.59 Å². The van der Waals surface area contributed by atoms with Gasteiger partial charge in [-0.15, -0.1) is 0 Å². The molecule has 0 amide bonds. The highest BCUT2D eigenvalue weighted by Crippen LogP contribution is 2.24. The van der Waals surface area contributed by atoms with Crippen LogP contribution in [0.2, 0.25) is 0 Å². The van der Waals surface area contributed by atoms with E-state index in [0.717, 1.165) is 21.1 Å². The van der Waals surface area contributed by atoms with Crippen LogP contribution in [0.15, 0.2) is 64.0 Å². The first kappa shape index (κ1) is 15.0. The summed E-state index contributed by atoms with van der Waals surface area (Å²) >= 11 is 4.43. The van der Waals surface area contributed by atoms with Crippen molar-refractivity contribution in [2.45, 2.75) is 11.8 Å². The predicted molar refractivity (Wildman–Crippen MR) is 84.9 cm³/mol. The van der Waals surface area contributed by atoms with Crippen LogP contribution in [0, 0.1) is 5.92 Å². The van der Waals surface area contributed by atoms with E-state index in [1.54, 1.807) is 31.2 Å². The molecule has 0 saturated heterocycles. The fraction of sp³-hybridized carbons (Fsp3) is 0.125. The van der Waals surface area contributed by atoms with E-state index < -0.39 is 5.92 Å². The number of ketones is 1. The average molecular weight is 349 g/mol. The molecule has 102 valence electrons. The van der Waals surface area contributed by atoms with E-state index in [4.69, 9.17) is 0 Å². The molecule has 4 heteroatoms. The quantitative estimate of drug-likeness (QED) is 0.460. The summed E-state index contributed by atoms with van der Waals surface area (Å²) in [6.07, 6.45) is 0. The molecule has 2 aromatic rings. The maximum atomic E-state index is 12.2. The minimum Gasteiger partial charge on any atom is -0.293 e. The molecule has 0 saturated carbocycles. The van der Waals surface area contributed by atoms with E-state index in [2.05, 4.69) is 15.9 Å². The van der Waals surface area contributed by atoms with E-state index in [1.165, 1.54) is 0 Å². The van der Waals surface area contributed by atoms with Gasteiger partial charge in [0.05, 0.1) is 5.92 Å². The first-order valence-corrected chi connectivity index (χ1v) is 7.75. The smallest absolute Gasteiger partial charge is 0.204 e. The van der Waals surface area contributed by atoms with Crippen LogP contribution < -0.4 is 0 Å². The molecule has 20 heavy (non-hydrogen) atoms. The lowest BCUT2D eigenvalue weighted by atomic mass is 10.0. The van der Waals surface area contributed by atoms with Gasteiger partial charge in [-0.2, -0.15) is 0 Å². The van der Waals surface area contributed by atoms with Crippen LogP contribution in [0.4, 0.5) is 0 Å². The van der Waals surface area contributed by atoms with Gasteiger partial charge in [0.15, 0.2) is 5.78 Å². The molecular formula is C16H13BrO2S. The normalized spacial score (nSPS) is 11.9. The van der Waals surface area contributed by atoms with Crippen molar-refractivity contribution in [3.8, 4) is 0 Å².